The van der Waals surface area contributed by atoms with Gasteiger partial charge < -0.3 is 9.64 Å². The molecule has 0 atom stereocenters. The Morgan fingerprint density at radius 2 is 2.15 bits per heavy atom. The van der Waals surface area contributed by atoms with Crippen LogP contribution in [0.2, 0.25) is 0 Å². The van der Waals surface area contributed by atoms with E-state index in [0.717, 1.165) is 23.3 Å². The summed E-state index contributed by atoms with van der Waals surface area (Å²) < 4.78 is 5.21. The molecule has 1 heterocycles. The molecule has 3 N–H and O–H groups in total. The lowest BCUT2D eigenvalue weighted by atomic mass is 10.2. The second kappa shape index (κ2) is 5.60. The van der Waals surface area contributed by atoms with Crippen LogP contribution in [0.3, 0.4) is 0 Å². The number of benzene rings is 1. The molecule has 0 saturated heterocycles. The lowest BCUT2D eigenvalue weighted by Crippen LogP contribution is -2.31. The van der Waals surface area contributed by atoms with Gasteiger partial charge in [-0.15, -0.1) is 0 Å². The van der Waals surface area contributed by atoms with Crippen molar-refractivity contribution < 1.29 is 4.74 Å². The minimum Gasteiger partial charge on any atom is -0.383 e. The lowest BCUT2D eigenvalue weighted by Gasteiger charge is -2.24. The van der Waals surface area contributed by atoms with Gasteiger partial charge in [-0.3, -0.25) is 5.43 Å². The minimum absolute atomic E-state index is 0.446. The van der Waals surface area contributed by atoms with Crippen LogP contribution < -0.4 is 16.2 Å². The maximum Gasteiger partial charge on any atom is 0.239 e. The number of aromatic nitrogens is 2. The van der Waals surface area contributed by atoms with E-state index in [-0.39, 0.29) is 0 Å². The molecule has 1 aliphatic rings. The predicted octanol–water partition coefficient (Wildman–Crippen LogP) is 1.53. The summed E-state index contributed by atoms with van der Waals surface area (Å²) >= 11 is 0. The van der Waals surface area contributed by atoms with Crippen molar-refractivity contribution in [2.45, 2.75) is 18.9 Å². The summed E-state index contributed by atoms with van der Waals surface area (Å²) in [6, 6.07) is 8.55. The van der Waals surface area contributed by atoms with E-state index in [0.29, 0.717) is 18.6 Å². The number of anilines is 2. The Balaban J connectivity index is 2.06. The number of ether oxygens (including phenoxy) is 1. The van der Waals surface area contributed by atoms with E-state index in [1.807, 2.05) is 24.3 Å². The SMILES string of the molecule is COCCN(c1nc(NN)nc2ccccc12)C1CC1. The molecule has 0 spiro atoms. The third kappa shape index (κ3) is 2.52. The van der Waals surface area contributed by atoms with E-state index in [2.05, 4.69) is 20.3 Å². The van der Waals surface area contributed by atoms with Crippen molar-refractivity contribution in [2.75, 3.05) is 30.6 Å². The molecule has 1 aromatic carbocycles. The number of para-hydroxylation sites is 1. The van der Waals surface area contributed by atoms with Crippen molar-refractivity contribution >= 4 is 22.7 Å². The number of nitrogens with one attached hydrogen (secondary N) is 1. The summed E-state index contributed by atoms with van der Waals surface area (Å²) in [5.74, 6) is 6.86. The van der Waals surface area contributed by atoms with Crippen LogP contribution in [0.4, 0.5) is 11.8 Å². The molecule has 0 bridgehead atoms. The average molecular weight is 273 g/mol. The van der Waals surface area contributed by atoms with Crippen LogP contribution in [-0.2, 0) is 4.74 Å². The molecule has 3 rings (SSSR count). The van der Waals surface area contributed by atoms with E-state index >= 15 is 0 Å². The van der Waals surface area contributed by atoms with Gasteiger partial charge in [-0.1, -0.05) is 12.1 Å². The maximum absolute atomic E-state index is 5.48. The third-order valence-electron chi connectivity index (χ3n) is 3.51. The van der Waals surface area contributed by atoms with Gasteiger partial charge in [-0.2, -0.15) is 4.98 Å². The van der Waals surface area contributed by atoms with E-state index < -0.39 is 0 Å². The number of hydrogen-bond acceptors (Lipinski definition) is 6. The molecule has 2 aromatic rings. The first kappa shape index (κ1) is 13.1. The van der Waals surface area contributed by atoms with Gasteiger partial charge in [0.15, 0.2) is 0 Å². The monoisotopic (exact) mass is 273 g/mol. The summed E-state index contributed by atoms with van der Waals surface area (Å²) in [6.45, 7) is 1.51. The highest BCUT2D eigenvalue weighted by atomic mass is 16.5. The molecule has 20 heavy (non-hydrogen) atoms. The first-order chi connectivity index (χ1) is 9.83. The van der Waals surface area contributed by atoms with E-state index in [1.54, 1.807) is 7.11 Å². The van der Waals surface area contributed by atoms with E-state index in [9.17, 15) is 0 Å². The Labute approximate surface area is 117 Å². The van der Waals surface area contributed by atoms with Crippen molar-refractivity contribution in [2.24, 2.45) is 5.84 Å². The zero-order valence-corrected chi connectivity index (χ0v) is 11.5. The van der Waals surface area contributed by atoms with Crippen LogP contribution in [0.5, 0.6) is 0 Å². The van der Waals surface area contributed by atoms with Crippen LogP contribution in [0.15, 0.2) is 24.3 Å². The average Bonchev–Trinajstić information content (AvgIpc) is 3.32. The number of methoxy groups -OCH3 is 1. The number of nitrogen functional groups attached to an aromatic ring is 1. The molecular weight excluding hydrogens is 254 g/mol. The highest BCUT2D eigenvalue weighted by molar-refractivity contribution is 5.90. The van der Waals surface area contributed by atoms with E-state index in [1.165, 1.54) is 12.8 Å². The number of rotatable bonds is 6. The quantitative estimate of drug-likeness (QED) is 0.614. The lowest BCUT2D eigenvalue weighted by molar-refractivity contribution is 0.205. The van der Waals surface area contributed by atoms with Gasteiger partial charge in [0.25, 0.3) is 0 Å². The van der Waals surface area contributed by atoms with Gasteiger partial charge in [0.2, 0.25) is 5.95 Å². The van der Waals surface area contributed by atoms with Gasteiger partial charge in [0, 0.05) is 25.1 Å². The molecule has 6 nitrogen and oxygen atoms in total. The van der Waals surface area contributed by atoms with Gasteiger partial charge in [0.1, 0.15) is 5.82 Å². The Bertz CT molecular complexity index is 599. The van der Waals surface area contributed by atoms with Crippen molar-refractivity contribution in [3.05, 3.63) is 24.3 Å². The fourth-order valence-corrected chi connectivity index (χ4v) is 2.38. The van der Waals surface area contributed by atoms with Crippen LogP contribution in [-0.4, -0.2) is 36.3 Å². The van der Waals surface area contributed by atoms with Crippen molar-refractivity contribution in [1.82, 2.24) is 9.97 Å². The third-order valence-corrected chi connectivity index (χ3v) is 3.51. The normalized spacial score (nSPS) is 14.5. The standard InChI is InChI=1S/C14H19N5O/c1-20-9-8-19(10-6-7-10)13-11-4-2-3-5-12(11)16-14(17-13)18-15/h2-5,10H,6-9,15H2,1H3,(H,16,17,18). The number of nitrogens with zero attached hydrogens (tertiary/aromatic N) is 3. The largest absolute Gasteiger partial charge is 0.383 e. The van der Waals surface area contributed by atoms with Gasteiger partial charge in [0.05, 0.1) is 12.1 Å². The Morgan fingerprint density at radius 1 is 1.35 bits per heavy atom. The topological polar surface area (TPSA) is 76.3 Å². The number of fused-ring (bicyclic) bond motifs is 1. The van der Waals surface area contributed by atoms with Crippen LogP contribution in [0.1, 0.15) is 12.8 Å². The summed E-state index contributed by atoms with van der Waals surface area (Å²) in [4.78, 5) is 11.2. The van der Waals surface area contributed by atoms with Crippen molar-refractivity contribution in [3.63, 3.8) is 0 Å². The highest BCUT2D eigenvalue weighted by Gasteiger charge is 2.31. The molecule has 1 aliphatic carbocycles. The van der Waals surface area contributed by atoms with Crippen LogP contribution in [0.25, 0.3) is 10.9 Å². The summed E-state index contributed by atoms with van der Waals surface area (Å²) in [6.07, 6.45) is 2.40. The maximum atomic E-state index is 5.48. The number of nitrogens with two attached hydrogens (primary N) is 1. The fraction of sp³-hybridized carbons (Fsp3) is 0.429. The molecule has 0 aliphatic heterocycles. The van der Waals surface area contributed by atoms with Gasteiger partial charge >= 0.3 is 0 Å². The Morgan fingerprint density at radius 3 is 2.85 bits per heavy atom. The highest BCUT2D eigenvalue weighted by Crippen LogP contribution is 2.34. The molecule has 1 aromatic heterocycles. The Hall–Kier alpha value is -1.92. The number of hydrazine groups is 1. The zero-order valence-electron chi connectivity index (χ0n) is 11.5. The summed E-state index contributed by atoms with van der Waals surface area (Å²) in [5.41, 5.74) is 3.45. The van der Waals surface area contributed by atoms with Crippen molar-refractivity contribution in [3.8, 4) is 0 Å². The smallest absolute Gasteiger partial charge is 0.239 e. The predicted molar refractivity (Wildman–Crippen MR) is 79.6 cm³/mol. The molecule has 6 heteroatoms. The van der Waals surface area contributed by atoms with E-state index in [4.69, 9.17) is 10.6 Å². The second-order valence-electron chi connectivity index (χ2n) is 4.95. The second-order valence-corrected chi connectivity index (χ2v) is 4.95. The number of hydrogen-bond donors (Lipinski definition) is 2. The first-order valence-electron chi connectivity index (χ1n) is 6.82. The van der Waals surface area contributed by atoms with Crippen LogP contribution >= 0.6 is 0 Å². The summed E-state index contributed by atoms with van der Waals surface area (Å²) in [5, 5.41) is 1.05. The van der Waals surface area contributed by atoms with Crippen LogP contribution in [0, 0.1) is 0 Å². The molecule has 0 unspecified atom stereocenters. The fourth-order valence-electron chi connectivity index (χ4n) is 2.38. The molecule has 106 valence electrons. The van der Waals surface area contributed by atoms with Gasteiger partial charge in [-0.05, 0) is 25.0 Å². The Kier molecular flexibility index (Phi) is 3.66. The van der Waals surface area contributed by atoms with Crippen molar-refractivity contribution in [1.29, 1.82) is 0 Å². The molecule has 0 radical (unpaired) electrons. The minimum atomic E-state index is 0.446. The molecular formula is C14H19N5O. The van der Waals surface area contributed by atoms with Gasteiger partial charge in [-0.25, -0.2) is 10.8 Å². The zero-order chi connectivity index (χ0) is 13.9. The molecule has 1 fully saturated rings. The first-order valence-corrected chi connectivity index (χ1v) is 6.82. The molecule has 0 amide bonds. The summed E-state index contributed by atoms with van der Waals surface area (Å²) in [7, 11) is 1.72. The molecule has 1 saturated carbocycles.